The molecular formula is C21H23NO5S. The number of hydrogen-bond donors (Lipinski definition) is 0. The highest BCUT2D eigenvalue weighted by Crippen LogP contribution is 2.50. The van der Waals surface area contributed by atoms with E-state index in [9.17, 15) is 13.2 Å². The average molecular weight is 401 g/mol. The van der Waals surface area contributed by atoms with E-state index in [2.05, 4.69) is 0 Å². The van der Waals surface area contributed by atoms with Gasteiger partial charge in [-0.05, 0) is 37.5 Å². The van der Waals surface area contributed by atoms with Crippen molar-refractivity contribution < 1.29 is 22.1 Å². The van der Waals surface area contributed by atoms with E-state index < -0.39 is 10.1 Å². The zero-order valence-corrected chi connectivity index (χ0v) is 16.5. The number of likely N-dealkylation sites (tertiary alicyclic amines) is 1. The smallest absolute Gasteiger partial charge is 0.410 e. The Labute approximate surface area is 165 Å². The number of nitrogens with zero attached hydrogens (tertiary/aromatic N) is 1. The van der Waals surface area contributed by atoms with Crippen LogP contribution >= 0.6 is 0 Å². The van der Waals surface area contributed by atoms with Crippen LogP contribution in [0.4, 0.5) is 4.79 Å². The maximum Gasteiger partial charge on any atom is 0.410 e. The monoisotopic (exact) mass is 401 g/mol. The highest BCUT2D eigenvalue weighted by atomic mass is 32.2. The first-order valence-corrected chi connectivity index (χ1v) is 10.7. The largest absolute Gasteiger partial charge is 0.445 e. The molecule has 1 amide bonds. The van der Waals surface area contributed by atoms with Crippen molar-refractivity contribution in [3.8, 4) is 0 Å². The second-order valence-corrected chi connectivity index (χ2v) is 9.36. The van der Waals surface area contributed by atoms with Gasteiger partial charge in [-0.3, -0.25) is 4.18 Å². The van der Waals surface area contributed by atoms with Crippen LogP contribution in [0.1, 0.15) is 24.0 Å². The molecule has 1 spiro atoms. The Morgan fingerprint density at radius 1 is 1.07 bits per heavy atom. The lowest BCUT2D eigenvalue weighted by atomic mass is 9.62. The fourth-order valence-electron chi connectivity index (χ4n) is 3.88. The van der Waals surface area contributed by atoms with Crippen molar-refractivity contribution in [1.29, 1.82) is 0 Å². The van der Waals surface area contributed by atoms with Gasteiger partial charge in [0, 0.05) is 18.5 Å². The normalized spacial score (nSPS) is 18.4. The Balaban J connectivity index is 1.23. The maximum absolute atomic E-state index is 12.3. The Hall–Kier alpha value is -2.38. The molecule has 2 aromatic carbocycles. The lowest BCUT2D eigenvalue weighted by Gasteiger charge is -2.57. The number of carbonyl (C=O) groups excluding carboxylic acids is 1. The highest BCUT2D eigenvalue weighted by Gasteiger charge is 2.55. The minimum Gasteiger partial charge on any atom is -0.445 e. The first kappa shape index (κ1) is 19.0. The van der Waals surface area contributed by atoms with Crippen LogP contribution in [0.5, 0.6) is 0 Å². The van der Waals surface area contributed by atoms with Crippen LogP contribution in [-0.4, -0.2) is 38.6 Å². The second-order valence-electron chi connectivity index (χ2n) is 7.79. The van der Waals surface area contributed by atoms with Crippen LogP contribution in [0.2, 0.25) is 0 Å². The summed E-state index contributed by atoms with van der Waals surface area (Å²) in [6.45, 7) is 3.33. The SMILES string of the molecule is Cc1ccc(S(=O)(=O)OC2CC3(C2)CN(C(=O)OCc2ccccc2)C3)cc1. The van der Waals surface area contributed by atoms with Gasteiger partial charge in [0.1, 0.15) is 6.61 Å². The summed E-state index contributed by atoms with van der Waals surface area (Å²) >= 11 is 0. The molecule has 2 aromatic rings. The molecule has 0 bridgehead atoms. The minimum absolute atomic E-state index is 0.0285. The molecule has 4 rings (SSSR count). The molecule has 7 heteroatoms. The Bertz CT molecular complexity index is 942. The lowest BCUT2D eigenvalue weighted by molar-refractivity contribution is -0.108. The van der Waals surface area contributed by atoms with Gasteiger partial charge in [-0.15, -0.1) is 0 Å². The van der Waals surface area contributed by atoms with Gasteiger partial charge in [0.05, 0.1) is 11.0 Å². The van der Waals surface area contributed by atoms with Gasteiger partial charge in [0.15, 0.2) is 0 Å². The molecule has 1 aliphatic heterocycles. The molecule has 0 unspecified atom stereocenters. The zero-order chi connectivity index (χ0) is 19.8. The predicted molar refractivity (Wildman–Crippen MR) is 103 cm³/mol. The van der Waals surface area contributed by atoms with Crippen molar-refractivity contribution in [2.75, 3.05) is 13.1 Å². The van der Waals surface area contributed by atoms with Crippen LogP contribution < -0.4 is 0 Å². The van der Waals surface area contributed by atoms with Crippen molar-refractivity contribution in [2.45, 2.75) is 37.4 Å². The van der Waals surface area contributed by atoms with Gasteiger partial charge >= 0.3 is 6.09 Å². The number of amides is 1. The third kappa shape index (κ3) is 3.91. The molecule has 28 heavy (non-hydrogen) atoms. The summed E-state index contributed by atoms with van der Waals surface area (Å²) in [7, 11) is -3.75. The molecule has 1 saturated heterocycles. The fourth-order valence-corrected chi connectivity index (χ4v) is 4.95. The van der Waals surface area contributed by atoms with Gasteiger partial charge in [-0.1, -0.05) is 48.0 Å². The molecular weight excluding hydrogens is 378 g/mol. The molecule has 0 aromatic heterocycles. The predicted octanol–water partition coefficient (Wildman–Crippen LogP) is 3.50. The number of rotatable bonds is 5. The van der Waals surface area contributed by atoms with Crippen molar-refractivity contribution in [1.82, 2.24) is 4.90 Å². The van der Waals surface area contributed by atoms with Crippen LogP contribution in [0.25, 0.3) is 0 Å². The van der Waals surface area contributed by atoms with Gasteiger partial charge < -0.3 is 9.64 Å². The van der Waals surface area contributed by atoms with E-state index >= 15 is 0 Å². The lowest BCUT2D eigenvalue weighted by Crippen LogP contribution is -2.65. The van der Waals surface area contributed by atoms with Crippen LogP contribution in [0, 0.1) is 12.3 Å². The standard InChI is InChI=1S/C21H23NO5S/c1-16-7-9-19(10-8-16)28(24,25)27-18-11-21(12-18)14-22(15-21)20(23)26-13-17-5-3-2-4-6-17/h2-10,18H,11-15H2,1H3. The van der Waals surface area contributed by atoms with Crippen molar-refractivity contribution in [2.24, 2.45) is 5.41 Å². The summed E-state index contributed by atoms with van der Waals surface area (Å²) in [6, 6.07) is 16.2. The van der Waals surface area contributed by atoms with E-state index in [4.69, 9.17) is 8.92 Å². The molecule has 1 saturated carbocycles. The molecule has 0 N–H and O–H groups in total. The van der Waals surface area contributed by atoms with Gasteiger partial charge in [0.2, 0.25) is 0 Å². The topological polar surface area (TPSA) is 72.9 Å². The Morgan fingerprint density at radius 2 is 1.71 bits per heavy atom. The number of aryl methyl sites for hydroxylation is 1. The van der Waals surface area contributed by atoms with Gasteiger partial charge in [0.25, 0.3) is 10.1 Å². The summed E-state index contributed by atoms with van der Waals surface area (Å²) < 4.78 is 35.4. The number of hydrogen-bond acceptors (Lipinski definition) is 5. The Kier molecular flexibility index (Phi) is 4.89. The second kappa shape index (κ2) is 7.22. The summed E-state index contributed by atoms with van der Waals surface area (Å²) in [4.78, 5) is 14.0. The molecule has 148 valence electrons. The van der Waals surface area contributed by atoms with E-state index in [1.54, 1.807) is 29.2 Å². The Morgan fingerprint density at radius 3 is 2.36 bits per heavy atom. The zero-order valence-electron chi connectivity index (χ0n) is 15.7. The third-order valence-electron chi connectivity index (χ3n) is 5.41. The maximum atomic E-state index is 12.3. The molecule has 1 aliphatic carbocycles. The number of ether oxygens (including phenoxy) is 1. The first-order valence-electron chi connectivity index (χ1n) is 9.31. The van der Waals surface area contributed by atoms with E-state index in [1.807, 2.05) is 37.3 Å². The summed E-state index contributed by atoms with van der Waals surface area (Å²) in [5.74, 6) is 0. The minimum atomic E-state index is -3.75. The van der Waals surface area contributed by atoms with Crippen molar-refractivity contribution in [3.05, 3.63) is 65.7 Å². The van der Waals surface area contributed by atoms with Crippen molar-refractivity contribution >= 4 is 16.2 Å². The van der Waals surface area contributed by atoms with Gasteiger partial charge in [-0.2, -0.15) is 8.42 Å². The third-order valence-corrected chi connectivity index (χ3v) is 6.78. The quantitative estimate of drug-likeness (QED) is 0.717. The molecule has 6 nitrogen and oxygen atoms in total. The molecule has 2 fully saturated rings. The van der Waals surface area contributed by atoms with Crippen LogP contribution in [-0.2, 0) is 25.6 Å². The van der Waals surface area contributed by atoms with E-state index in [0.29, 0.717) is 25.9 Å². The molecule has 2 aliphatic rings. The number of benzene rings is 2. The summed E-state index contributed by atoms with van der Waals surface area (Å²) in [6.07, 6.45) is 0.626. The molecule has 0 radical (unpaired) electrons. The van der Waals surface area contributed by atoms with Crippen molar-refractivity contribution in [3.63, 3.8) is 0 Å². The molecule has 1 heterocycles. The van der Waals surface area contributed by atoms with E-state index in [-0.39, 0.29) is 29.1 Å². The molecule has 0 atom stereocenters. The summed E-state index contributed by atoms with van der Waals surface area (Å²) in [5.41, 5.74) is 1.92. The summed E-state index contributed by atoms with van der Waals surface area (Å²) in [5, 5.41) is 0. The van der Waals surface area contributed by atoms with Crippen LogP contribution in [0.15, 0.2) is 59.5 Å². The van der Waals surface area contributed by atoms with Gasteiger partial charge in [-0.25, -0.2) is 4.79 Å². The average Bonchev–Trinajstić information content (AvgIpc) is 2.62. The fraction of sp³-hybridized carbons (Fsp3) is 0.381. The highest BCUT2D eigenvalue weighted by molar-refractivity contribution is 7.86. The van der Waals surface area contributed by atoms with Crippen LogP contribution in [0.3, 0.4) is 0 Å². The number of carbonyl (C=O) groups is 1. The van der Waals surface area contributed by atoms with E-state index in [1.165, 1.54) is 0 Å². The van der Waals surface area contributed by atoms with E-state index in [0.717, 1.165) is 11.1 Å². The first-order chi connectivity index (χ1) is 13.4.